The highest BCUT2D eigenvalue weighted by molar-refractivity contribution is 5.82. The standard InChI is InChI=1S/C27H38N2O3/c1-7-29(22-11-8-10-21(6)18-22)17-16-28-25(30)14-15-26(31)32-27-23(19(2)3)12-9-13-24(27)20(4)5/h8-13,18-20H,7,14-17H2,1-6H3,(H,28,30). The van der Waals surface area contributed by atoms with Crippen molar-refractivity contribution in [1.82, 2.24) is 5.32 Å². The molecule has 32 heavy (non-hydrogen) atoms. The van der Waals surface area contributed by atoms with E-state index < -0.39 is 0 Å². The number of anilines is 1. The number of hydrogen-bond donors (Lipinski definition) is 1. The Hall–Kier alpha value is -2.82. The van der Waals surface area contributed by atoms with E-state index in [1.165, 1.54) is 5.56 Å². The summed E-state index contributed by atoms with van der Waals surface area (Å²) in [5.74, 6) is 0.637. The Kier molecular flexibility index (Phi) is 9.76. The molecule has 5 nitrogen and oxygen atoms in total. The second-order valence-corrected chi connectivity index (χ2v) is 8.82. The van der Waals surface area contributed by atoms with Gasteiger partial charge in [-0.15, -0.1) is 0 Å². The van der Waals surface area contributed by atoms with Gasteiger partial charge >= 0.3 is 5.97 Å². The SMILES string of the molecule is CCN(CCNC(=O)CCC(=O)Oc1c(C(C)C)cccc1C(C)C)c1cccc(C)c1. The average Bonchev–Trinajstić information content (AvgIpc) is 2.75. The maximum absolute atomic E-state index is 12.5. The van der Waals surface area contributed by atoms with Crippen molar-refractivity contribution in [3.63, 3.8) is 0 Å². The fourth-order valence-electron chi connectivity index (χ4n) is 3.69. The van der Waals surface area contributed by atoms with E-state index in [0.29, 0.717) is 12.3 Å². The van der Waals surface area contributed by atoms with Crippen LogP contribution in [0.4, 0.5) is 5.69 Å². The van der Waals surface area contributed by atoms with Gasteiger partial charge in [-0.1, -0.05) is 58.0 Å². The lowest BCUT2D eigenvalue weighted by atomic mass is 9.94. The second-order valence-electron chi connectivity index (χ2n) is 8.82. The molecule has 0 aliphatic carbocycles. The number of amides is 1. The summed E-state index contributed by atoms with van der Waals surface area (Å²) in [4.78, 5) is 27.0. The second kappa shape index (κ2) is 12.3. The molecule has 2 rings (SSSR count). The van der Waals surface area contributed by atoms with Crippen LogP contribution in [-0.4, -0.2) is 31.5 Å². The molecule has 5 heteroatoms. The highest BCUT2D eigenvalue weighted by Gasteiger charge is 2.18. The zero-order chi connectivity index (χ0) is 23.7. The van der Waals surface area contributed by atoms with Crippen LogP contribution >= 0.6 is 0 Å². The molecule has 0 atom stereocenters. The maximum atomic E-state index is 12.5. The first-order valence-corrected chi connectivity index (χ1v) is 11.6. The molecule has 1 amide bonds. The number of carbonyl (C=O) groups is 2. The fraction of sp³-hybridized carbons (Fsp3) is 0.481. The molecule has 0 saturated carbocycles. The molecule has 0 unspecified atom stereocenters. The van der Waals surface area contributed by atoms with Crippen molar-refractivity contribution in [3.05, 3.63) is 59.2 Å². The number of benzene rings is 2. The van der Waals surface area contributed by atoms with E-state index in [1.807, 2.05) is 24.3 Å². The van der Waals surface area contributed by atoms with Gasteiger partial charge in [0.2, 0.25) is 5.91 Å². The quantitative estimate of drug-likeness (QED) is 0.368. The molecule has 0 bridgehead atoms. The number of aryl methyl sites for hydroxylation is 1. The van der Waals surface area contributed by atoms with Gasteiger partial charge in [0, 0.05) is 31.7 Å². The van der Waals surface area contributed by atoms with Gasteiger partial charge < -0.3 is 15.0 Å². The number of para-hydroxylation sites is 1. The van der Waals surface area contributed by atoms with Crippen LogP contribution in [0.1, 0.15) is 76.0 Å². The first-order valence-electron chi connectivity index (χ1n) is 11.6. The summed E-state index contributed by atoms with van der Waals surface area (Å²) in [6, 6.07) is 14.3. The molecule has 174 valence electrons. The molecular weight excluding hydrogens is 400 g/mol. The van der Waals surface area contributed by atoms with Crippen LogP contribution in [0, 0.1) is 6.92 Å². The van der Waals surface area contributed by atoms with Crippen LogP contribution in [-0.2, 0) is 9.59 Å². The summed E-state index contributed by atoms with van der Waals surface area (Å²) < 4.78 is 5.75. The van der Waals surface area contributed by atoms with Gasteiger partial charge in [-0.3, -0.25) is 9.59 Å². The third-order valence-electron chi connectivity index (χ3n) is 5.54. The first kappa shape index (κ1) is 25.4. The number of likely N-dealkylation sites (N-methyl/N-ethyl adjacent to an activating group) is 1. The lowest BCUT2D eigenvalue weighted by Crippen LogP contribution is -2.35. The summed E-state index contributed by atoms with van der Waals surface area (Å²) in [6.07, 6.45) is 0.182. The van der Waals surface area contributed by atoms with Gasteiger partial charge in [0.25, 0.3) is 0 Å². The lowest BCUT2D eigenvalue weighted by molar-refractivity contribution is -0.136. The Morgan fingerprint density at radius 1 is 0.969 bits per heavy atom. The van der Waals surface area contributed by atoms with Gasteiger partial charge in [-0.2, -0.15) is 0 Å². The van der Waals surface area contributed by atoms with Crippen molar-refractivity contribution in [2.24, 2.45) is 0 Å². The van der Waals surface area contributed by atoms with Crippen molar-refractivity contribution >= 4 is 17.6 Å². The van der Waals surface area contributed by atoms with Crippen LogP contribution in [0.15, 0.2) is 42.5 Å². The molecule has 0 heterocycles. The molecule has 0 aliphatic heterocycles. The van der Waals surface area contributed by atoms with Crippen molar-refractivity contribution in [2.75, 3.05) is 24.5 Å². The van der Waals surface area contributed by atoms with E-state index in [2.05, 4.69) is 70.0 Å². The number of carbonyl (C=O) groups excluding carboxylic acids is 2. The summed E-state index contributed by atoms with van der Waals surface area (Å²) in [5.41, 5.74) is 4.40. The van der Waals surface area contributed by atoms with Gasteiger partial charge in [0.1, 0.15) is 5.75 Å². The van der Waals surface area contributed by atoms with Crippen molar-refractivity contribution in [1.29, 1.82) is 0 Å². The molecule has 0 fully saturated rings. The minimum absolute atomic E-state index is 0.0607. The zero-order valence-corrected chi connectivity index (χ0v) is 20.4. The zero-order valence-electron chi connectivity index (χ0n) is 20.4. The van der Waals surface area contributed by atoms with Gasteiger partial charge in [0.05, 0.1) is 6.42 Å². The van der Waals surface area contributed by atoms with Crippen LogP contribution in [0.2, 0.25) is 0 Å². The van der Waals surface area contributed by atoms with E-state index >= 15 is 0 Å². The average molecular weight is 439 g/mol. The number of nitrogens with zero attached hydrogens (tertiary/aromatic N) is 1. The summed E-state index contributed by atoms with van der Waals surface area (Å²) >= 11 is 0. The minimum atomic E-state index is -0.370. The monoisotopic (exact) mass is 438 g/mol. The summed E-state index contributed by atoms with van der Waals surface area (Å²) in [5, 5.41) is 2.92. The van der Waals surface area contributed by atoms with E-state index in [-0.39, 0.29) is 36.6 Å². The predicted molar refractivity (Wildman–Crippen MR) is 132 cm³/mol. The lowest BCUT2D eigenvalue weighted by Gasteiger charge is -2.23. The number of ether oxygens (including phenoxy) is 1. The largest absolute Gasteiger partial charge is 0.426 e. The smallest absolute Gasteiger partial charge is 0.311 e. The number of hydrogen-bond acceptors (Lipinski definition) is 4. The van der Waals surface area contributed by atoms with Crippen LogP contribution in [0.3, 0.4) is 0 Å². The number of rotatable bonds is 11. The number of nitrogens with one attached hydrogen (secondary N) is 1. The summed E-state index contributed by atoms with van der Waals surface area (Å²) in [6.45, 7) is 14.6. The van der Waals surface area contributed by atoms with E-state index in [1.54, 1.807) is 0 Å². The molecule has 0 spiro atoms. The van der Waals surface area contributed by atoms with Crippen molar-refractivity contribution < 1.29 is 14.3 Å². The van der Waals surface area contributed by atoms with Gasteiger partial charge in [-0.05, 0) is 54.5 Å². The third-order valence-corrected chi connectivity index (χ3v) is 5.54. The maximum Gasteiger partial charge on any atom is 0.311 e. The Bertz CT molecular complexity index is 879. The summed E-state index contributed by atoms with van der Waals surface area (Å²) in [7, 11) is 0. The highest BCUT2D eigenvalue weighted by atomic mass is 16.5. The highest BCUT2D eigenvalue weighted by Crippen LogP contribution is 2.34. The molecule has 0 aromatic heterocycles. The molecular formula is C27H38N2O3. The first-order chi connectivity index (χ1) is 15.2. The van der Waals surface area contributed by atoms with Crippen molar-refractivity contribution in [3.8, 4) is 5.75 Å². The normalized spacial score (nSPS) is 11.0. The molecule has 2 aromatic carbocycles. The Morgan fingerprint density at radius 2 is 1.59 bits per heavy atom. The van der Waals surface area contributed by atoms with Crippen LogP contribution < -0.4 is 15.0 Å². The molecule has 1 N–H and O–H groups in total. The minimum Gasteiger partial charge on any atom is -0.426 e. The van der Waals surface area contributed by atoms with Crippen LogP contribution in [0.25, 0.3) is 0 Å². The van der Waals surface area contributed by atoms with Crippen LogP contribution in [0.5, 0.6) is 5.75 Å². The molecule has 2 aromatic rings. The van der Waals surface area contributed by atoms with Crippen molar-refractivity contribution in [2.45, 2.75) is 66.2 Å². The van der Waals surface area contributed by atoms with E-state index in [9.17, 15) is 9.59 Å². The Balaban J connectivity index is 1.85. The topological polar surface area (TPSA) is 58.6 Å². The Labute approximate surface area is 193 Å². The number of esters is 1. The van der Waals surface area contributed by atoms with E-state index in [0.717, 1.165) is 29.9 Å². The van der Waals surface area contributed by atoms with Gasteiger partial charge in [-0.25, -0.2) is 0 Å². The Morgan fingerprint density at radius 3 is 2.16 bits per heavy atom. The van der Waals surface area contributed by atoms with Gasteiger partial charge in [0.15, 0.2) is 0 Å². The molecule has 0 saturated heterocycles. The molecule has 0 radical (unpaired) electrons. The predicted octanol–water partition coefficient (Wildman–Crippen LogP) is 5.57. The fourth-order valence-corrected chi connectivity index (χ4v) is 3.69. The molecule has 0 aliphatic rings. The van der Waals surface area contributed by atoms with E-state index in [4.69, 9.17) is 4.74 Å². The third kappa shape index (κ3) is 7.40.